The van der Waals surface area contributed by atoms with Gasteiger partial charge < -0.3 is 16.0 Å². The van der Waals surface area contributed by atoms with Gasteiger partial charge in [0.1, 0.15) is 6.04 Å². The van der Waals surface area contributed by atoms with Gasteiger partial charge in [-0.25, -0.2) is 0 Å². The minimum absolute atomic E-state index is 0.0744. The molecule has 2 rings (SSSR count). The molecule has 0 saturated heterocycles. The van der Waals surface area contributed by atoms with E-state index in [1.807, 2.05) is 13.8 Å². The number of carbonyl (C=O) groups is 3. The molecule has 1 aliphatic rings. The van der Waals surface area contributed by atoms with E-state index in [4.69, 9.17) is 11.6 Å². The fourth-order valence-electron chi connectivity index (χ4n) is 3.35. The van der Waals surface area contributed by atoms with Crippen molar-refractivity contribution in [3.63, 3.8) is 0 Å². The Morgan fingerprint density at radius 3 is 2.21 bits per heavy atom. The van der Waals surface area contributed by atoms with Gasteiger partial charge in [0, 0.05) is 29.6 Å². The molecule has 1 saturated carbocycles. The summed E-state index contributed by atoms with van der Waals surface area (Å²) >= 11 is 5.84. The van der Waals surface area contributed by atoms with Crippen LogP contribution >= 0.6 is 11.6 Å². The number of rotatable bonds is 8. The molecule has 0 bridgehead atoms. The monoisotopic (exact) mass is 407 g/mol. The van der Waals surface area contributed by atoms with E-state index < -0.39 is 6.04 Å². The van der Waals surface area contributed by atoms with E-state index in [9.17, 15) is 14.4 Å². The lowest BCUT2D eigenvalue weighted by Crippen LogP contribution is -2.51. The van der Waals surface area contributed by atoms with Gasteiger partial charge in [0.25, 0.3) is 5.91 Å². The quantitative estimate of drug-likeness (QED) is 0.579. The van der Waals surface area contributed by atoms with Gasteiger partial charge in [-0.05, 0) is 43.0 Å². The molecule has 1 atom stereocenters. The second-order valence-corrected chi connectivity index (χ2v) is 8.06. The van der Waals surface area contributed by atoms with E-state index >= 15 is 0 Å². The summed E-state index contributed by atoms with van der Waals surface area (Å²) in [5, 5.41) is 9.01. The molecule has 154 valence electrons. The maximum Gasteiger partial charge on any atom is 0.251 e. The Hall–Kier alpha value is -2.08. The van der Waals surface area contributed by atoms with E-state index in [1.165, 1.54) is 6.42 Å². The van der Waals surface area contributed by atoms with Crippen molar-refractivity contribution in [2.45, 2.75) is 52.0 Å². The van der Waals surface area contributed by atoms with Crippen molar-refractivity contribution < 1.29 is 14.4 Å². The van der Waals surface area contributed by atoms with Crippen LogP contribution < -0.4 is 16.0 Å². The highest BCUT2D eigenvalue weighted by molar-refractivity contribution is 6.30. The Bertz CT molecular complexity index is 670. The minimum atomic E-state index is -0.655. The SMILES string of the molecule is CC(C)C(NC(=O)c1ccc(Cl)cc1)C(=O)NCCNC(=O)C1CCCCC1. The van der Waals surface area contributed by atoms with Crippen molar-refractivity contribution in [2.75, 3.05) is 13.1 Å². The first-order valence-corrected chi connectivity index (χ1v) is 10.4. The molecule has 6 nitrogen and oxygen atoms in total. The second-order valence-electron chi connectivity index (χ2n) is 7.62. The van der Waals surface area contributed by atoms with Crippen molar-refractivity contribution in [3.05, 3.63) is 34.9 Å². The van der Waals surface area contributed by atoms with Crippen LogP contribution in [0.25, 0.3) is 0 Å². The average molecular weight is 408 g/mol. The largest absolute Gasteiger partial charge is 0.354 e. The highest BCUT2D eigenvalue weighted by Crippen LogP contribution is 2.23. The minimum Gasteiger partial charge on any atom is -0.354 e. The van der Waals surface area contributed by atoms with E-state index in [2.05, 4.69) is 16.0 Å². The zero-order valence-electron chi connectivity index (χ0n) is 16.6. The number of nitrogens with one attached hydrogen (secondary N) is 3. The van der Waals surface area contributed by atoms with Gasteiger partial charge in [-0.3, -0.25) is 14.4 Å². The Balaban J connectivity index is 1.77. The topological polar surface area (TPSA) is 87.3 Å². The average Bonchev–Trinajstić information content (AvgIpc) is 2.69. The van der Waals surface area contributed by atoms with Crippen LogP contribution in [0.2, 0.25) is 5.02 Å². The fourth-order valence-corrected chi connectivity index (χ4v) is 3.48. The molecule has 1 fully saturated rings. The lowest BCUT2D eigenvalue weighted by molar-refractivity contribution is -0.127. The Labute approximate surface area is 171 Å². The number of carbonyl (C=O) groups excluding carboxylic acids is 3. The van der Waals surface area contributed by atoms with Crippen molar-refractivity contribution in [3.8, 4) is 0 Å². The van der Waals surface area contributed by atoms with Crippen LogP contribution in [0.4, 0.5) is 0 Å². The number of halogens is 1. The van der Waals surface area contributed by atoms with Crippen LogP contribution in [-0.2, 0) is 9.59 Å². The Morgan fingerprint density at radius 2 is 1.61 bits per heavy atom. The molecule has 1 aromatic carbocycles. The van der Waals surface area contributed by atoms with Gasteiger partial charge in [0.2, 0.25) is 11.8 Å². The third-order valence-electron chi connectivity index (χ3n) is 5.04. The number of hydrogen-bond donors (Lipinski definition) is 3. The molecule has 0 aliphatic heterocycles. The van der Waals surface area contributed by atoms with Crippen LogP contribution in [0.5, 0.6) is 0 Å². The van der Waals surface area contributed by atoms with Gasteiger partial charge in [-0.2, -0.15) is 0 Å². The zero-order valence-corrected chi connectivity index (χ0v) is 17.3. The molecule has 3 amide bonds. The fraction of sp³-hybridized carbons (Fsp3) is 0.571. The van der Waals surface area contributed by atoms with Gasteiger partial charge in [0.05, 0.1) is 0 Å². The summed E-state index contributed by atoms with van der Waals surface area (Å²) in [6, 6.07) is 5.85. The maximum atomic E-state index is 12.5. The normalized spacial score (nSPS) is 15.7. The Kier molecular flexibility index (Phi) is 8.77. The van der Waals surface area contributed by atoms with E-state index in [1.54, 1.807) is 24.3 Å². The Morgan fingerprint density at radius 1 is 1.00 bits per heavy atom. The predicted octanol–water partition coefficient (Wildman–Crippen LogP) is 2.91. The first-order valence-electron chi connectivity index (χ1n) is 10.0. The van der Waals surface area contributed by atoms with Gasteiger partial charge in [0.15, 0.2) is 0 Å². The zero-order chi connectivity index (χ0) is 20.5. The maximum absolute atomic E-state index is 12.5. The molecule has 1 aromatic rings. The second kappa shape index (κ2) is 11.1. The molecule has 28 heavy (non-hydrogen) atoms. The molecule has 3 N–H and O–H groups in total. The highest BCUT2D eigenvalue weighted by Gasteiger charge is 2.25. The standard InChI is InChI=1S/C21H30ClN3O3/c1-14(2)18(25-20(27)16-8-10-17(22)11-9-16)21(28)24-13-12-23-19(26)15-6-4-3-5-7-15/h8-11,14-15,18H,3-7,12-13H2,1-2H3,(H,23,26)(H,24,28)(H,25,27). The molecular weight excluding hydrogens is 378 g/mol. The number of hydrogen-bond acceptors (Lipinski definition) is 3. The summed E-state index contributed by atoms with van der Waals surface area (Å²) in [5.41, 5.74) is 0.447. The summed E-state index contributed by atoms with van der Waals surface area (Å²) < 4.78 is 0. The van der Waals surface area contributed by atoms with E-state index in [-0.39, 0.29) is 29.6 Å². The van der Waals surface area contributed by atoms with Crippen molar-refractivity contribution in [1.82, 2.24) is 16.0 Å². The molecule has 0 spiro atoms. The molecule has 0 heterocycles. The molecule has 1 unspecified atom stereocenters. The molecule has 0 aromatic heterocycles. The molecule has 0 radical (unpaired) electrons. The van der Waals surface area contributed by atoms with Crippen LogP contribution in [-0.4, -0.2) is 36.9 Å². The molecule has 7 heteroatoms. The summed E-state index contributed by atoms with van der Waals surface area (Å²) in [4.78, 5) is 37.0. The van der Waals surface area contributed by atoms with Crippen molar-refractivity contribution in [1.29, 1.82) is 0 Å². The smallest absolute Gasteiger partial charge is 0.251 e. The third kappa shape index (κ3) is 6.82. The highest BCUT2D eigenvalue weighted by atomic mass is 35.5. The predicted molar refractivity (Wildman–Crippen MR) is 110 cm³/mol. The summed E-state index contributed by atoms with van der Waals surface area (Å²) in [5.74, 6) is -0.481. The summed E-state index contributed by atoms with van der Waals surface area (Å²) in [6.45, 7) is 4.46. The lowest BCUT2D eigenvalue weighted by Gasteiger charge is -2.23. The van der Waals surface area contributed by atoms with Crippen LogP contribution in [0, 0.1) is 11.8 Å². The van der Waals surface area contributed by atoms with Crippen LogP contribution in [0.15, 0.2) is 24.3 Å². The van der Waals surface area contributed by atoms with Crippen molar-refractivity contribution in [2.24, 2.45) is 11.8 Å². The number of amides is 3. The third-order valence-corrected chi connectivity index (χ3v) is 5.29. The van der Waals surface area contributed by atoms with Gasteiger partial charge in [-0.15, -0.1) is 0 Å². The molecule has 1 aliphatic carbocycles. The van der Waals surface area contributed by atoms with Crippen LogP contribution in [0.1, 0.15) is 56.3 Å². The number of benzene rings is 1. The van der Waals surface area contributed by atoms with Gasteiger partial charge >= 0.3 is 0 Å². The summed E-state index contributed by atoms with van der Waals surface area (Å²) in [6.07, 6.45) is 5.32. The van der Waals surface area contributed by atoms with Crippen LogP contribution in [0.3, 0.4) is 0 Å². The van der Waals surface area contributed by atoms with E-state index in [0.717, 1.165) is 25.7 Å². The van der Waals surface area contributed by atoms with Crippen molar-refractivity contribution >= 4 is 29.3 Å². The van der Waals surface area contributed by atoms with Gasteiger partial charge in [-0.1, -0.05) is 44.7 Å². The first kappa shape index (κ1) is 22.2. The molecular formula is C21H30ClN3O3. The van der Waals surface area contributed by atoms with E-state index in [0.29, 0.717) is 23.7 Å². The first-order chi connectivity index (χ1) is 13.4. The summed E-state index contributed by atoms with van der Waals surface area (Å²) in [7, 11) is 0. The lowest BCUT2D eigenvalue weighted by atomic mass is 9.89.